The average Bonchev–Trinajstić information content (AvgIpc) is 2.92. The van der Waals surface area contributed by atoms with Gasteiger partial charge in [0.05, 0.1) is 0 Å². The molecular weight excluding hydrogens is 491 g/mol. The molecule has 9 heteroatoms. The number of allylic oxidation sites excluding steroid dienone is 1. The number of anilines is 3. The number of piperazine rings is 1. The van der Waals surface area contributed by atoms with E-state index in [-0.39, 0.29) is 16.9 Å². The summed E-state index contributed by atoms with van der Waals surface area (Å²) in [6.07, 6.45) is 4.33. The third kappa shape index (κ3) is 6.27. The first kappa shape index (κ1) is 27.4. The van der Waals surface area contributed by atoms with Crippen LogP contribution in [0.4, 0.5) is 30.4 Å². The van der Waals surface area contributed by atoms with E-state index in [1.807, 2.05) is 38.1 Å². The molecule has 0 amide bonds. The van der Waals surface area contributed by atoms with Crippen molar-refractivity contribution in [1.29, 1.82) is 0 Å². The number of hydrogen-bond acceptors (Lipinski definition) is 6. The standard InChI is InChI=1S/C29H34F3N5O/c1-5-7-19(3)16-23-20(4)24(30)17-25(26(23)31)38-29-27(32)28(33-18-34-29)35-21-8-10-22(11-9-21)37-14-12-36(6-2)13-15-37/h8-11,16-18H,5-7,12-15H2,1-4H3,(H,33,34,35)/b19-16-. The molecule has 1 aliphatic heterocycles. The highest BCUT2D eigenvalue weighted by Crippen LogP contribution is 2.33. The fraction of sp³-hybridized carbons (Fsp3) is 0.379. The van der Waals surface area contributed by atoms with Crippen LogP contribution in [0.25, 0.3) is 6.08 Å². The zero-order valence-corrected chi connectivity index (χ0v) is 22.3. The van der Waals surface area contributed by atoms with Crippen LogP contribution in [0.3, 0.4) is 0 Å². The number of nitrogens with one attached hydrogen (secondary N) is 1. The van der Waals surface area contributed by atoms with Crippen molar-refractivity contribution >= 4 is 23.3 Å². The summed E-state index contributed by atoms with van der Waals surface area (Å²) in [5, 5.41) is 2.92. The van der Waals surface area contributed by atoms with E-state index in [9.17, 15) is 4.39 Å². The Kier molecular flexibility index (Phi) is 8.89. The molecule has 202 valence electrons. The first-order chi connectivity index (χ1) is 18.3. The van der Waals surface area contributed by atoms with Gasteiger partial charge in [0.15, 0.2) is 17.4 Å². The molecule has 38 heavy (non-hydrogen) atoms. The maximum absolute atomic E-state index is 15.3. The van der Waals surface area contributed by atoms with Gasteiger partial charge in [0.25, 0.3) is 5.88 Å². The molecular formula is C29H34F3N5O. The summed E-state index contributed by atoms with van der Waals surface area (Å²) in [5.74, 6) is -3.42. The van der Waals surface area contributed by atoms with E-state index in [2.05, 4.69) is 32.0 Å². The molecule has 2 heterocycles. The van der Waals surface area contributed by atoms with Crippen LogP contribution in [0.2, 0.25) is 0 Å². The number of hydrogen-bond donors (Lipinski definition) is 1. The molecule has 6 nitrogen and oxygen atoms in total. The van der Waals surface area contributed by atoms with Gasteiger partial charge >= 0.3 is 0 Å². The van der Waals surface area contributed by atoms with Gasteiger partial charge < -0.3 is 19.9 Å². The minimum Gasteiger partial charge on any atom is -0.433 e. The van der Waals surface area contributed by atoms with Crippen LogP contribution >= 0.6 is 0 Å². The monoisotopic (exact) mass is 525 g/mol. The smallest absolute Gasteiger partial charge is 0.261 e. The minimum atomic E-state index is -0.910. The maximum Gasteiger partial charge on any atom is 0.261 e. The molecule has 1 fully saturated rings. The Labute approximate surface area is 222 Å². The molecule has 0 saturated carbocycles. The van der Waals surface area contributed by atoms with Crippen molar-refractivity contribution < 1.29 is 17.9 Å². The summed E-state index contributed by atoms with van der Waals surface area (Å²) in [6, 6.07) is 8.54. The van der Waals surface area contributed by atoms with Crippen molar-refractivity contribution in [3.05, 3.63) is 70.8 Å². The third-order valence-corrected chi connectivity index (χ3v) is 6.79. The van der Waals surface area contributed by atoms with E-state index in [0.29, 0.717) is 5.69 Å². The topological polar surface area (TPSA) is 53.5 Å². The van der Waals surface area contributed by atoms with Crippen molar-refractivity contribution in [3.8, 4) is 11.6 Å². The second-order valence-corrected chi connectivity index (χ2v) is 9.49. The second kappa shape index (κ2) is 12.3. The van der Waals surface area contributed by atoms with Crippen LogP contribution in [-0.2, 0) is 0 Å². The van der Waals surface area contributed by atoms with Crippen LogP contribution in [0.15, 0.2) is 42.2 Å². The van der Waals surface area contributed by atoms with Crippen LogP contribution < -0.4 is 15.0 Å². The highest BCUT2D eigenvalue weighted by molar-refractivity contribution is 5.63. The fourth-order valence-electron chi connectivity index (χ4n) is 4.50. The largest absolute Gasteiger partial charge is 0.433 e. The number of halogens is 3. The molecule has 0 spiro atoms. The van der Waals surface area contributed by atoms with Gasteiger partial charge in [0, 0.05) is 49.2 Å². The summed E-state index contributed by atoms with van der Waals surface area (Å²) in [4.78, 5) is 12.5. The first-order valence-electron chi connectivity index (χ1n) is 13.0. The van der Waals surface area contributed by atoms with Gasteiger partial charge in [0.2, 0.25) is 5.82 Å². The molecule has 1 saturated heterocycles. The lowest BCUT2D eigenvalue weighted by Gasteiger charge is -2.35. The van der Waals surface area contributed by atoms with E-state index in [1.165, 1.54) is 6.92 Å². The molecule has 0 radical (unpaired) electrons. The van der Waals surface area contributed by atoms with E-state index >= 15 is 8.78 Å². The van der Waals surface area contributed by atoms with Crippen molar-refractivity contribution in [2.45, 2.75) is 40.5 Å². The highest BCUT2D eigenvalue weighted by atomic mass is 19.1. The molecule has 0 bridgehead atoms. The molecule has 1 N–H and O–H groups in total. The SMILES string of the molecule is CCC/C(C)=C\c1c(C)c(F)cc(Oc2ncnc(Nc3ccc(N4CCN(CC)CC4)cc3)c2F)c1F. The highest BCUT2D eigenvalue weighted by Gasteiger charge is 2.21. The molecule has 1 aliphatic rings. The predicted octanol–water partition coefficient (Wildman–Crippen LogP) is 7.08. The Bertz CT molecular complexity index is 1290. The van der Waals surface area contributed by atoms with Gasteiger partial charge in [-0.1, -0.05) is 31.9 Å². The Morgan fingerprint density at radius 1 is 1.03 bits per heavy atom. The Morgan fingerprint density at radius 2 is 1.74 bits per heavy atom. The van der Waals surface area contributed by atoms with Crippen LogP contribution in [0.1, 0.15) is 44.7 Å². The van der Waals surface area contributed by atoms with Crippen LogP contribution in [0, 0.1) is 24.4 Å². The van der Waals surface area contributed by atoms with Gasteiger partial charge in [-0.25, -0.2) is 13.8 Å². The molecule has 0 aliphatic carbocycles. The van der Waals surface area contributed by atoms with E-state index in [0.717, 1.165) is 69.2 Å². The number of rotatable bonds is 9. The molecule has 3 aromatic rings. The first-order valence-corrected chi connectivity index (χ1v) is 13.0. The van der Waals surface area contributed by atoms with Crippen LogP contribution in [-0.4, -0.2) is 47.6 Å². The van der Waals surface area contributed by atoms with E-state index < -0.39 is 29.1 Å². The quantitative estimate of drug-likeness (QED) is 0.322. The summed E-state index contributed by atoms with van der Waals surface area (Å²) in [5.41, 5.74) is 2.85. The van der Waals surface area contributed by atoms with E-state index in [4.69, 9.17) is 4.74 Å². The lowest BCUT2D eigenvalue weighted by Crippen LogP contribution is -2.46. The van der Waals surface area contributed by atoms with Gasteiger partial charge in [0.1, 0.15) is 12.1 Å². The number of aromatic nitrogens is 2. The molecule has 0 unspecified atom stereocenters. The van der Waals surface area contributed by atoms with Gasteiger partial charge in [-0.15, -0.1) is 0 Å². The summed E-state index contributed by atoms with van der Waals surface area (Å²) in [7, 11) is 0. The fourth-order valence-corrected chi connectivity index (χ4v) is 4.50. The number of nitrogens with zero attached hydrogens (tertiary/aromatic N) is 4. The van der Waals surface area contributed by atoms with Crippen molar-refractivity contribution in [2.24, 2.45) is 0 Å². The Balaban J connectivity index is 1.52. The van der Waals surface area contributed by atoms with Crippen LogP contribution in [0.5, 0.6) is 11.6 Å². The Morgan fingerprint density at radius 3 is 2.39 bits per heavy atom. The van der Waals surface area contributed by atoms with Crippen molar-refractivity contribution in [2.75, 3.05) is 42.9 Å². The molecule has 0 atom stereocenters. The summed E-state index contributed by atoms with van der Waals surface area (Å²) < 4.78 is 50.6. The number of ether oxygens (including phenoxy) is 1. The predicted molar refractivity (Wildman–Crippen MR) is 146 cm³/mol. The molecule has 1 aromatic heterocycles. The number of benzene rings is 2. The maximum atomic E-state index is 15.3. The van der Waals surface area contributed by atoms with Gasteiger partial charge in [-0.3, -0.25) is 0 Å². The second-order valence-electron chi connectivity index (χ2n) is 9.49. The minimum absolute atomic E-state index is 0.0787. The van der Waals surface area contributed by atoms with Gasteiger partial charge in [-0.2, -0.15) is 9.37 Å². The van der Waals surface area contributed by atoms with Gasteiger partial charge in [-0.05, 0) is 56.6 Å². The van der Waals surface area contributed by atoms with Crippen molar-refractivity contribution in [1.82, 2.24) is 14.9 Å². The normalized spacial score (nSPS) is 14.6. The Hall–Kier alpha value is -3.59. The zero-order valence-electron chi connectivity index (χ0n) is 22.3. The zero-order chi connectivity index (χ0) is 27.2. The summed E-state index contributed by atoms with van der Waals surface area (Å²) >= 11 is 0. The molecule has 2 aromatic carbocycles. The molecule has 4 rings (SSSR count). The van der Waals surface area contributed by atoms with E-state index in [1.54, 1.807) is 6.08 Å². The summed E-state index contributed by atoms with van der Waals surface area (Å²) in [6.45, 7) is 12.5. The van der Waals surface area contributed by atoms with Crippen molar-refractivity contribution in [3.63, 3.8) is 0 Å². The number of likely N-dealkylation sites (N-methyl/N-ethyl adjacent to an activating group) is 1. The third-order valence-electron chi connectivity index (χ3n) is 6.79. The lowest BCUT2D eigenvalue weighted by atomic mass is 10.0. The lowest BCUT2D eigenvalue weighted by molar-refractivity contribution is 0.271. The average molecular weight is 526 g/mol.